The first-order chi connectivity index (χ1) is 8.04. The molecule has 0 unspecified atom stereocenters. The Bertz CT molecular complexity index is 435. The molecule has 0 atom stereocenters. The average Bonchev–Trinajstić information content (AvgIpc) is 2.75. The molecule has 1 aromatic heterocycles. The predicted molar refractivity (Wildman–Crippen MR) is 61.7 cm³/mol. The Kier molecular flexibility index (Phi) is 4.45. The highest BCUT2D eigenvalue weighted by Gasteiger charge is 2.13. The molecule has 0 aliphatic carbocycles. The molecule has 1 aromatic rings. The van der Waals surface area contributed by atoms with E-state index in [0.29, 0.717) is 0 Å². The zero-order valence-corrected chi connectivity index (χ0v) is 10.1. The standard InChI is InChI=1S/C11H15N3O3/c1-4-17-11(16)9-7-8(12-13-9)10(15)5-6-14(2)3/h5-7H,4H2,1-3H3,(H,12,13). The van der Waals surface area contributed by atoms with E-state index in [-0.39, 0.29) is 23.8 Å². The van der Waals surface area contributed by atoms with Crippen molar-refractivity contribution in [2.45, 2.75) is 6.92 Å². The third-order valence-electron chi connectivity index (χ3n) is 1.85. The molecule has 0 aromatic carbocycles. The fourth-order valence-corrected chi connectivity index (χ4v) is 1.06. The van der Waals surface area contributed by atoms with E-state index in [9.17, 15) is 9.59 Å². The molecule has 1 N–H and O–H groups in total. The number of hydrogen-bond donors (Lipinski definition) is 1. The Balaban J connectivity index is 2.74. The zero-order chi connectivity index (χ0) is 12.8. The highest BCUT2D eigenvalue weighted by molar-refractivity contribution is 6.04. The highest BCUT2D eigenvalue weighted by Crippen LogP contribution is 2.03. The van der Waals surface area contributed by atoms with Gasteiger partial charge < -0.3 is 9.64 Å². The predicted octanol–water partition coefficient (Wildman–Crippen LogP) is 0.844. The summed E-state index contributed by atoms with van der Waals surface area (Å²) >= 11 is 0. The van der Waals surface area contributed by atoms with Gasteiger partial charge in [-0.05, 0) is 6.92 Å². The smallest absolute Gasteiger partial charge is 0.358 e. The maximum Gasteiger partial charge on any atom is 0.358 e. The van der Waals surface area contributed by atoms with E-state index in [4.69, 9.17) is 4.74 Å². The molecular weight excluding hydrogens is 222 g/mol. The Morgan fingerprint density at radius 3 is 2.82 bits per heavy atom. The Labute approximate surface area is 99.3 Å². The van der Waals surface area contributed by atoms with E-state index < -0.39 is 5.97 Å². The van der Waals surface area contributed by atoms with E-state index >= 15 is 0 Å². The summed E-state index contributed by atoms with van der Waals surface area (Å²) in [5.41, 5.74) is 0.361. The number of carbonyl (C=O) groups is 2. The first kappa shape index (κ1) is 13.0. The number of nitrogens with zero attached hydrogens (tertiary/aromatic N) is 2. The first-order valence-electron chi connectivity index (χ1n) is 5.16. The molecule has 0 bridgehead atoms. The molecule has 92 valence electrons. The number of carbonyl (C=O) groups excluding carboxylic acids is 2. The lowest BCUT2D eigenvalue weighted by Crippen LogP contribution is -2.04. The summed E-state index contributed by atoms with van der Waals surface area (Å²) in [6, 6.07) is 1.38. The number of ketones is 1. The molecule has 6 nitrogen and oxygen atoms in total. The monoisotopic (exact) mass is 237 g/mol. The van der Waals surface area contributed by atoms with Crippen molar-refractivity contribution >= 4 is 11.8 Å². The van der Waals surface area contributed by atoms with Crippen LogP contribution in [-0.4, -0.2) is 47.6 Å². The Hall–Kier alpha value is -2.11. The molecule has 1 rings (SSSR count). The zero-order valence-electron chi connectivity index (χ0n) is 10.1. The van der Waals surface area contributed by atoms with E-state index in [1.54, 1.807) is 32.1 Å². The molecule has 0 spiro atoms. The second-order valence-electron chi connectivity index (χ2n) is 3.53. The van der Waals surface area contributed by atoms with Crippen molar-refractivity contribution in [2.24, 2.45) is 0 Å². The molecule has 6 heteroatoms. The Morgan fingerprint density at radius 1 is 1.53 bits per heavy atom. The molecule has 0 saturated heterocycles. The third-order valence-corrected chi connectivity index (χ3v) is 1.85. The number of nitrogens with one attached hydrogen (secondary N) is 1. The van der Waals surface area contributed by atoms with Crippen molar-refractivity contribution in [1.29, 1.82) is 0 Å². The van der Waals surface area contributed by atoms with Crippen LogP contribution in [0.25, 0.3) is 0 Å². The fraction of sp³-hybridized carbons (Fsp3) is 0.364. The minimum atomic E-state index is -0.542. The minimum absolute atomic E-state index is 0.105. The number of esters is 1. The maximum atomic E-state index is 11.6. The summed E-state index contributed by atoms with van der Waals surface area (Å²) in [6.45, 7) is 1.98. The van der Waals surface area contributed by atoms with Crippen LogP contribution in [0.15, 0.2) is 18.3 Å². The lowest BCUT2D eigenvalue weighted by Gasteiger charge is -2.01. The lowest BCUT2D eigenvalue weighted by molar-refractivity contribution is 0.0519. The summed E-state index contributed by atoms with van der Waals surface area (Å²) in [6.07, 6.45) is 3.01. The van der Waals surface area contributed by atoms with Crippen LogP contribution in [0.3, 0.4) is 0 Å². The van der Waals surface area contributed by atoms with Crippen molar-refractivity contribution in [1.82, 2.24) is 15.1 Å². The number of allylic oxidation sites excluding steroid dienone is 1. The molecule has 1 heterocycles. The molecule has 0 radical (unpaired) electrons. The summed E-state index contributed by atoms with van der Waals surface area (Å²) < 4.78 is 4.76. The van der Waals surface area contributed by atoms with Crippen LogP contribution >= 0.6 is 0 Å². The number of rotatable bonds is 5. The summed E-state index contributed by atoms with van der Waals surface area (Å²) in [4.78, 5) is 24.6. The molecule has 0 amide bonds. The van der Waals surface area contributed by atoms with Gasteiger partial charge in [0.2, 0.25) is 5.78 Å². The molecule has 17 heavy (non-hydrogen) atoms. The van der Waals surface area contributed by atoms with E-state index in [0.717, 1.165) is 0 Å². The van der Waals surface area contributed by atoms with E-state index in [1.807, 2.05) is 0 Å². The van der Waals surface area contributed by atoms with E-state index in [2.05, 4.69) is 10.2 Å². The van der Waals surface area contributed by atoms with Gasteiger partial charge >= 0.3 is 5.97 Å². The van der Waals surface area contributed by atoms with Gasteiger partial charge in [0.15, 0.2) is 5.69 Å². The topological polar surface area (TPSA) is 75.3 Å². The normalized spacial score (nSPS) is 10.5. The number of hydrogen-bond acceptors (Lipinski definition) is 5. The minimum Gasteiger partial charge on any atom is -0.461 e. The first-order valence-corrected chi connectivity index (χ1v) is 5.16. The summed E-state index contributed by atoms with van der Waals surface area (Å²) in [5, 5.41) is 6.21. The fourth-order valence-electron chi connectivity index (χ4n) is 1.06. The van der Waals surface area contributed by atoms with Crippen molar-refractivity contribution in [3.8, 4) is 0 Å². The van der Waals surface area contributed by atoms with Gasteiger partial charge in [-0.3, -0.25) is 9.89 Å². The molecular formula is C11H15N3O3. The number of ether oxygens (including phenoxy) is 1. The molecule has 0 aliphatic rings. The van der Waals surface area contributed by atoms with Crippen LogP contribution in [-0.2, 0) is 4.74 Å². The largest absolute Gasteiger partial charge is 0.461 e. The van der Waals surface area contributed by atoms with Gasteiger partial charge in [-0.25, -0.2) is 4.79 Å². The maximum absolute atomic E-state index is 11.6. The van der Waals surface area contributed by atoms with Gasteiger partial charge in [-0.2, -0.15) is 5.10 Å². The SMILES string of the molecule is CCOC(=O)c1cc(C(=O)C=CN(C)C)[nH]n1. The van der Waals surface area contributed by atoms with Crippen LogP contribution in [0.4, 0.5) is 0 Å². The second-order valence-corrected chi connectivity index (χ2v) is 3.53. The van der Waals surface area contributed by atoms with Gasteiger partial charge in [-0.1, -0.05) is 0 Å². The van der Waals surface area contributed by atoms with Crippen LogP contribution in [0.2, 0.25) is 0 Å². The van der Waals surface area contributed by atoms with Crippen molar-refractivity contribution in [3.05, 3.63) is 29.7 Å². The second kappa shape index (κ2) is 5.83. The van der Waals surface area contributed by atoms with Crippen LogP contribution < -0.4 is 0 Å². The lowest BCUT2D eigenvalue weighted by atomic mass is 10.2. The van der Waals surface area contributed by atoms with Crippen LogP contribution in [0.1, 0.15) is 27.9 Å². The van der Waals surface area contributed by atoms with Crippen molar-refractivity contribution < 1.29 is 14.3 Å². The molecule has 0 aliphatic heterocycles. The average molecular weight is 237 g/mol. The summed E-state index contributed by atoms with van der Waals surface area (Å²) in [7, 11) is 3.61. The van der Waals surface area contributed by atoms with Gasteiger partial charge in [0.1, 0.15) is 5.69 Å². The summed E-state index contributed by atoms with van der Waals surface area (Å²) in [5.74, 6) is -0.791. The van der Waals surface area contributed by atoms with Crippen molar-refractivity contribution in [3.63, 3.8) is 0 Å². The number of aromatic nitrogens is 2. The quantitative estimate of drug-likeness (QED) is 0.466. The number of H-pyrrole nitrogens is 1. The van der Waals surface area contributed by atoms with Crippen LogP contribution in [0.5, 0.6) is 0 Å². The number of aromatic amines is 1. The van der Waals surface area contributed by atoms with Crippen LogP contribution in [0, 0.1) is 0 Å². The van der Waals surface area contributed by atoms with Gasteiger partial charge in [-0.15, -0.1) is 0 Å². The molecule has 0 saturated carbocycles. The van der Waals surface area contributed by atoms with Gasteiger partial charge in [0.05, 0.1) is 6.61 Å². The van der Waals surface area contributed by atoms with E-state index in [1.165, 1.54) is 12.1 Å². The molecule has 0 fully saturated rings. The third kappa shape index (κ3) is 3.75. The van der Waals surface area contributed by atoms with Crippen molar-refractivity contribution in [2.75, 3.05) is 20.7 Å². The van der Waals surface area contributed by atoms with Gasteiger partial charge in [0, 0.05) is 32.4 Å². The highest BCUT2D eigenvalue weighted by atomic mass is 16.5. The van der Waals surface area contributed by atoms with Gasteiger partial charge in [0.25, 0.3) is 0 Å². The Morgan fingerprint density at radius 2 is 2.24 bits per heavy atom.